The Morgan fingerprint density at radius 2 is 2.20 bits per heavy atom. The molecule has 2 heterocycles. The molecule has 0 aromatic carbocycles. The summed E-state index contributed by atoms with van der Waals surface area (Å²) >= 11 is 0. The van der Waals surface area contributed by atoms with Crippen LogP contribution < -0.4 is 5.32 Å². The lowest BCUT2D eigenvalue weighted by molar-refractivity contribution is -0.117. The number of hydrogen-bond donors (Lipinski definition) is 1. The minimum atomic E-state index is -0.113. The molecule has 1 fully saturated rings. The number of nitrogens with one attached hydrogen (secondary N) is 1. The van der Waals surface area contributed by atoms with Crippen molar-refractivity contribution in [3.05, 3.63) is 24.4 Å². The maximum absolute atomic E-state index is 12.1. The molecule has 1 N–H and O–H groups in total. The molecule has 20 heavy (non-hydrogen) atoms. The molecule has 1 aliphatic carbocycles. The number of carbonyl (C=O) groups excluding carboxylic acids is 1. The normalized spacial score (nSPS) is 15.7. The third-order valence-corrected chi connectivity index (χ3v) is 3.68. The zero-order valence-corrected chi connectivity index (χ0v) is 11.5. The van der Waals surface area contributed by atoms with E-state index in [1.807, 2.05) is 17.8 Å². The van der Waals surface area contributed by atoms with Gasteiger partial charge in [0.1, 0.15) is 25.0 Å². The molecule has 2 aromatic rings. The van der Waals surface area contributed by atoms with Crippen LogP contribution in [0.25, 0.3) is 0 Å². The number of carbonyl (C=O) groups is 1. The molecule has 106 valence electrons. The summed E-state index contributed by atoms with van der Waals surface area (Å²) in [6, 6.07) is 0.408. The van der Waals surface area contributed by atoms with Crippen molar-refractivity contribution >= 4 is 11.7 Å². The Bertz CT molecular complexity index is 582. The molecule has 7 nitrogen and oxygen atoms in total. The van der Waals surface area contributed by atoms with Crippen LogP contribution in [0, 0.1) is 6.92 Å². The van der Waals surface area contributed by atoms with Gasteiger partial charge < -0.3 is 5.32 Å². The number of nitrogens with zero attached hydrogens (tertiary/aromatic N) is 5. The predicted octanol–water partition coefficient (Wildman–Crippen LogP) is 1.54. The van der Waals surface area contributed by atoms with Crippen LogP contribution in [0.1, 0.15) is 37.3 Å². The van der Waals surface area contributed by atoms with E-state index in [0.717, 1.165) is 24.2 Å². The van der Waals surface area contributed by atoms with E-state index >= 15 is 0 Å². The van der Waals surface area contributed by atoms with Crippen molar-refractivity contribution in [2.45, 2.75) is 45.2 Å². The van der Waals surface area contributed by atoms with Crippen molar-refractivity contribution in [1.29, 1.82) is 0 Å². The van der Waals surface area contributed by atoms with Crippen LogP contribution >= 0.6 is 0 Å². The highest BCUT2D eigenvalue weighted by Gasteiger charge is 2.22. The molecule has 2 aromatic heterocycles. The Hall–Kier alpha value is -2.18. The largest absolute Gasteiger partial charge is 0.309 e. The van der Waals surface area contributed by atoms with Gasteiger partial charge in [-0.3, -0.25) is 4.79 Å². The minimum Gasteiger partial charge on any atom is -0.309 e. The Balaban J connectivity index is 1.73. The SMILES string of the molecule is Cc1cnn(C2CCCC2)c1NC(=O)Cn1cncn1. The molecular weight excluding hydrogens is 256 g/mol. The summed E-state index contributed by atoms with van der Waals surface area (Å²) in [4.78, 5) is 15.9. The lowest BCUT2D eigenvalue weighted by Crippen LogP contribution is -2.22. The Kier molecular flexibility index (Phi) is 3.49. The first-order chi connectivity index (χ1) is 9.74. The van der Waals surface area contributed by atoms with E-state index in [-0.39, 0.29) is 12.5 Å². The van der Waals surface area contributed by atoms with Gasteiger partial charge >= 0.3 is 0 Å². The molecule has 0 unspecified atom stereocenters. The van der Waals surface area contributed by atoms with E-state index in [0.29, 0.717) is 6.04 Å². The van der Waals surface area contributed by atoms with Gasteiger partial charge in [-0.05, 0) is 19.8 Å². The van der Waals surface area contributed by atoms with Crippen LogP contribution in [0.5, 0.6) is 0 Å². The molecule has 1 saturated carbocycles. The minimum absolute atomic E-state index is 0.113. The molecule has 0 radical (unpaired) electrons. The molecule has 0 aliphatic heterocycles. The monoisotopic (exact) mass is 274 g/mol. The lowest BCUT2D eigenvalue weighted by Gasteiger charge is -2.15. The molecule has 1 amide bonds. The summed E-state index contributed by atoms with van der Waals surface area (Å²) in [5.74, 6) is 0.695. The molecule has 1 aliphatic rings. The summed E-state index contributed by atoms with van der Waals surface area (Å²) < 4.78 is 3.46. The molecule has 0 spiro atoms. The van der Waals surface area contributed by atoms with Gasteiger partial charge in [0.15, 0.2) is 0 Å². The molecule has 0 saturated heterocycles. The van der Waals surface area contributed by atoms with E-state index in [2.05, 4.69) is 20.5 Å². The molecule has 3 rings (SSSR count). The highest BCUT2D eigenvalue weighted by Crippen LogP contribution is 2.32. The van der Waals surface area contributed by atoms with Gasteiger partial charge in [0, 0.05) is 5.56 Å². The Labute approximate surface area is 117 Å². The van der Waals surface area contributed by atoms with Crippen LogP contribution in [-0.2, 0) is 11.3 Å². The van der Waals surface area contributed by atoms with Gasteiger partial charge in [0.05, 0.1) is 12.2 Å². The standard InChI is InChI=1S/C13H18N6O/c1-10-6-15-19(11-4-2-3-5-11)13(10)17-12(20)7-18-9-14-8-16-18/h6,8-9,11H,2-5,7H2,1H3,(H,17,20). The van der Waals surface area contributed by atoms with Gasteiger partial charge in [-0.25, -0.2) is 14.3 Å². The van der Waals surface area contributed by atoms with Gasteiger partial charge in [-0.1, -0.05) is 12.8 Å². The van der Waals surface area contributed by atoms with E-state index in [1.54, 1.807) is 0 Å². The topological polar surface area (TPSA) is 77.6 Å². The van der Waals surface area contributed by atoms with E-state index in [1.165, 1.54) is 30.2 Å². The fraction of sp³-hybridized carbons (Fsp3) is 0.538. The van der Waals surface area contributed by atoms with Crippen molar-refractivity contribution in [1.82, 2.24) is 24.5 Å². The van der Waals surface area contributed by atoms with Crippen LogP contribution in [0.3, 0.4) is 0 Å². The smallest absolute Gasteiger partial charge is 0.247 e. The first kappa shape index (κ1) is 12.8. The second-order valence-electron chi connectivity index (χ2n) is 5.20. The summed E-state index contributed by atoms with van der Waals surface area (Å²) in [5, 5.41) is 11.3. The maximum Gasteiger partial charge on any atom is 0.247 e. The van der Waals surface area contributed by atoms with Gasteiger partial charge in [0.2, 0.25) is 5.91 Å². The number of aryl methyl sites for hydroxylation is 1. The number of hydrogen-bond acceptors (Lipinski definition) is 4. The van der Waals surface area contributed by atoms with Crippen molar-refractivity contribution in [3.63, 3.8) is 0 Å². The fourth-order valence-corrected chi connectivity index (χ4v) is 2.66. The Morgan fingerprint density at radius 1 is 1.40 bits per heavy atom. The average molecular weight is 274 g/mol. The average Bonchev–Trinajstić information content (AvgIpc) is 3.13. The maximum atomic E-state index is 12.1. The zero-order chi connectivity index (χ0) is 13.9. The number of amides is 1. The summed E-state index contributed by atoms with van der Waals surface area (Å²) in [6.45, 7) is 2.12. The molecule has 0 bridgehead atoms. The van der Waals surface area contributed by atoms with Crippen molar-refractivity contribution in [3.8, 4) is 0 Å². The Morgan fingerprint density at radius 3 is 2.90 bits per heavy atom. The highest BCUT2D eigenvalue weighted by molar-refractivity contribution is 5.90. The van der Waals surface area contributed by atoms with Crippen LogP contribution in [0.15, 0.2) is 18.9 Å². The summed E-state index contributed by atoms with van der Waals surface area (Å²) in [5.41, 5.74) is 0.990. The first-order valence-corrected chi connectivity index (χ1v) is 6.90. The van der Waals surface area contributed by atoms with Crippen LogP contribution in [0.4, 0.5) is 5.82 Å². The molecular formula is C13H18N6O. The molecule has 0 atom stereocenters. The predicted molar refractivity (Wildman–Crippen MR) is 73.1 cm³/mol. The van der Waals surface area contributed by atoms with Crippen LogP contribution in [-0.4, -0.2) is 30.5 Å². The van der Waals surface area contributed by atoms with Crippen molar-refractivity contribution < 1.29 is 4.79 Å². The summed E-state index contributed by atoms with van der Waals surface area (Å²) in [7, 11) is 0. The van der Waals surface area contributed by atoms with Gasteiger partial charge in [-0.15, -0.1) is 0 Å². The number of aromatic nitrogens is 5. The van der Waals surface area contributed by atoms with E-state index in [9.17, 15) is 4.79 Å². The van der Waals surface area contributed by atoms with E-state index < -0.39 is 0 Å². The molecule has 7 heteroatoms. The van der Waals surface area contributed by atoms with Crippen molar-refractivity contribution in [2.24, 2.45) is 0 Å². The third kappa shape index (κ3) is 2.56. The summed E-state index contributed by atoms with van der Waals surface area (Å²) in [6.07, 6.45) is 9.48. The highest BCUT2D eigenvalue weighted by atomic mass is 16.2. The third-order valence-electron chi connectivity index (χ3n) is 3.68. The quantitative estimate of drug-likeness (QED) is 0.917. The second kappa shape index (κ2) is 5.44. The first-order valence-electron chi connectivity index (χ1n) is 6.90. The van der Waals surface area contributed by atoms with E-state index in [4.69, 9.17) is 0 Å². The van der Waals surface area contributed by atoms with Crippen molar-refractivity contribution in [2.75, 3.05) is 5.32 Å². The number of rotatable bonds is 4. The van der Waals surface area contributed by atoms with Gasteiger partial charge in [0.25, 0.3) is 0 Å². The fourth-order valence-electron chi connectivity index (χ4n) is 2.66. The van der Waals surface area contributed by atoms with Crippen LogP contribution in [0.2, 0.25) is 0 Å². The number of anilines is 1. The second-order valence-corrected chi connectivity index (χ2v) is 5.20. The zero-order valence-electron chi connectivity index (χ0n) is 11.5. The lowest BCUT2D eigenvalue weighted by atomic mass is 10.2. The van der Waals surface area contributed by atoms with Gasteiger partial charge in [-0.2, -0.15) is 10.2 Å².